The smallest absolute Gasteiger partial charge is 0.211 e. The molecule has 2 rings (SSSR count). The van der Waals surface area contributed by atoms with Crippen molar-refractivity contribution in [3.63, 3.8) is 0 Å². The molecule has 2 aliphatic rings. The number of sulfonamides is 1. The van der Waals surface area contributed by atoms with Crippen molar-refractivity contribution in [2.45, 2.75) is 25.3 Å². The molecule has 0 amide bonds. The van der Waals surface area contributed by atoms with Crippen molar-refractivity contribution >= 4 is 10.0 Å². The Hall–Kier alpha value is -0.170. The van der Waals surface area contributed by atoms with E-state index in [4.69, 9.17) is 0 Å². The van der Waals surface area contributed by atoms with Crippen LogP contribution in [0.4, 0.5) is 0 Å². The second-order valence-corrected chi connectivity index (χ2v) is 7.53. The standard InChI is InChI=1S/C12H25N3O2S/c1-13-12-5-3-4-11(12)10-14-6-8-15(9-7-14)18(2,16)17/h11-13H,3-10H2,1-2H3. The molecule has 2 unspecified atom stereocenters. The zero-order chi connectivity index (χ0) is 13.2. The number of rotatable bonds is 4. The quantitative estimate of drug-likeness (QED) is 0.782. The van der Waals surface area contributed by atoms with E-state index >= 15 is 0 Å². The summed E-state index contributed by atoms with van der Waals surface area (Å²) in [6, 6.07) is 0.651. The summed E-state index contributed by atoms with van der Waals surface area (Å²) in [6.07, 6.45) is 5.21. The van der Waals surface area contributed by atoms with Crippen LogP contribution >= 0.6 is 0 Å². The Morgan fingerprint density at radius 2 is 1.83 bits per heavy atom. The highest BCUT2D eigenvalue weighted by atomic mass is 32.2. The second-order valence-electron chi connectivity index (χ2n) is 5.55. The molecule has 0 aromatic rings. The predicted octanol–water partition coefficient (Wildman–Crippen LogP) is -0.0483. The summed E-state index contributed by atoms with van der Waals surface area (Å²) in [5, 5.41) is 3.40. The fourth-order valence-electron chi connectivity index (χ4n) is 3.21. The minimum Gasteiger partial charge on any atom is -0.317 e. The fourth-order valence-corrected chi connectivity index (χ4v) is 4.04. The van der Waals surface area contributed by atoms with E-state index in [0.29, 0.717) is 19.1 Å². The number of nitrogens with one attached hydrogen (secondary N) is 1. The number of piperazine rings is 1. The van der Waals surface area contributed by atoms with Crippen LogP contribution in [0, 0.1) is 5.92 Å². The van der Waals surface area contributed by atoms with Crippen LogP contribution in [0.25, 0.3) is 0 Å². The maximum atomic E-state index is 11.4. The lowest BCUT2D eigenvalue weighted by atomic mass is 10.0. The maximum Gasteiger partial charge on any atom is 0.211 e. The van der Waals surface area contributed by atoms with Crippen LogP contribution in [0.2, 0.25) is 0 Å². The molecule has 1 aliphatic heterocycles. The lowest BCUT2D eigenvalue weighted by Gasteiger charge is -2.35. The highest BCUT2D eigenvalue weighted by Gasteiger charge is 2.30. The third kappa shape index (κ3) is 3.44. The first-order chi connectivity index (χ1) is 8.50. The van der Waals surface area contributed by atoms with E-state index in [1.54, 1.807) is 4.31 Å². The van der Waals surface area contributed by atoms with Gasteiger partial charge in [0.15, 0.2) is 0 Å². The topological polar surface area (TPSA) is 52.6 Å². The van der Waals surface area contributed by atoms with Gasteiger partial charge in [0.05, 0.1) is 6.26 Å². The Morgan fingerprint density at radius 3 is 2.39 bits per heavy atom. The van der Waals surface area contributed by atoms with Gasteiger partial charge in [-0.05, 0) is 25.8 Å². The first-order valence-electron chi connectivity index (χ1n) is 6.85. The van der Waals surface area contributed by atoms with Gasteiger partial charge in [-0.3, -0.25) is 0 Å². The molecule has 106 valence electrons. The van der Waals surface area contributed by atoms with Gasteiger partial charge in [0.1, 0.15) is 0 Å². The molecule has 2 atom stereocenters. The third-order valence-electron chi connectivity index (χ3n) is 4.32. The van der Waals surface area contributed by atoms with Crippen LogP contribution in [-0.2, 0) is 10.0 Å². The molecule has 5 nitrogen and oxygen atoms in total. The average Bonchev–Trinajstić information content (AvgIpc) is 2.76. The molecule has 1 aliphatic carbocycles. The Kier molecular flexibility index (Phi) is 4.64. The summed E-state index contributed by atoms with van der Waals surface area (Å²) in [6.45, 7) is 4.16. The molecule has 0 spiro atoms. The maximum absolute atomic E-state index is 11.4. The molecular weight excluding hydrogens is 250 g/mol. The summed E-state index contributed by atoms with van der Waals surface area (Å²) in [5.74, 6) is 0.736. The van der Waals surface area contributed by atoms with Crippen molar-refractivity contribution in [2.24, 2.45) is 5.92 Å². The summed E-state index contributed by atoms with van der Waals surface area (Å²) in [4.78, 5) is 2.42. The molecule has 0 radical (unpaired) electrons. The summed E-state index contributed by atoms with van der Waals surface area (Å²) in [5.41, 5.74) is 0. The lowest BCUT2D eigenvalue weighted by Crippen LogP contribution is -2.50. The van der Waals surface area contributed by atoms with Crippen LogP contribution in [0.1, 0.15) is 19.3 Å². The van der Waals surface area contributed by atoms with Gasteiger partial charge < -0.3 is 10.2 Å². The van der Waals surface area contributed by atoms with E-state index in [0.717, 1.165) is 25.6 Å². The van der Waals surface area contributed by atoms with E-state index in [1.807, 2.05) is 7.05 Å². The van der Waals surface area contributed by atoms with E-state index in [2.05, 4.69) is 10.2 Å². The first-order valence-corrected chi connectivity index (χ1v) is 8.70. The SMILES string of the molecule is CNC1CCCC1CN1CCN(S(C)(=O)=O)CC1. The van der Waals surface area contributed by atoms with Crippen LogP contribution in [0.15, 0.2) is 0 Å². The Morgan fingerprint density at radius 1 is 1.17 bits per heavy atom. The fraction of sp³-hybridized carbons (Fsp3) is 1.00. The van der Waals surface area contributed by atoms with Crippen molar-refractivity contribution < 1.29 is 8.42 Å². The van der Waals surface area contributed by atoms with Crippen molar-refractivity contribution in [1.29, 1.82) is 0 Å². The molecule has 6 heteroatoms. The van der Waals surface area contributed by atoms with Crippen LogP contribution in [-0.4, -0.2) is 69.7 Å². The minimum absolute atomic E-state index is 0.649. The average molecular weight is 275 g/mol. The molecule has 0 aromatic carbocycles. The van der Waals surface area contributed by atoms with E-state index < -0.39 is 10.0 Å². The summed E-state index contributed by atoms with van der Waals surface area (Å²) >= 11 is 0. The monoisotopic (exact) mass is 275 g/mol. The van der Waals surface area contributed by atoms with Crippen molar-refractivity contribution in [1.82, 2.24) is 14.5 Å². The Labute approximate surface area is 111 Å². The normalized spacial score (nSPS) is 31.9. The van der Waals surface area contributed by atoms with Gasteiger partial charge in [-0.15, -0.1) is 0 Å². The molecule has 1 heterocycles. The van der Waals surface area contributed by atoms with Crippen molar-refractivity contribution in [3.8, 4) is 0 Å². The van der Waals surface area contributed by atoms with Gasteiger partial charge in [-0.1, -0.05) is 6.42 Å². The lowest BCUT2D eigenvalue weighted by molar-refractivity contribution is 0.158. The molecular formula is C12H25N3O2S. The van der Waals surface area contributed by atoms with Gasteiger partial charge in [-0.2, -0.15) is 4.31 Å². The summed E-state index contributed by atoms with van der Waals surface area (Å²) in [7, 11) is -0.951. The highest BCUT2D eigenvalue weighted by molar-refractivity contribution is 7.88. The van der Waals surface area contributed by atoms with Crippen LogP contribution in [0.5, 0.6) is 0 Å². The van der Waals surface area contributed by atoms with Gasteiger partial charge in [0.25, 0.3) is 0 Å². The highest BCUT2D eigenvalue weighted by Crippen LogP contribution is 2.26. The molecule has 2 fully saturated rings. The molecule has 1 saturated carbocycles. The molecule has 1 N–H and O–H groups in total. The minimum atomic E-state index is -3.00. The molecule has 1 saturated heterocycles. The van der Waals surface area contributed by atoms with Gasteiger partial charge in [0, 0.05) is 38.8 Å². The zero-order valence-electron chi connectivity index (χ0n) is 11.4. The van der Waals surface area contributed by atoms with E-state index in [1.165, 1.54) is 25.5 Å². The van der Waals surface area contributed by atoms with E-state index in [-0.39, 0.29) is 0 Å². The number of nitrogens with zero attached hydrogens (tertiary/aromatic N) is 2. The van der Waals surface area contributed by atoms with Gasteiger partial charge in [0.2, 0.25) is 10.0 Å². The van der Waals surface area contributed by atoms with Gasteiger partial charge >= 0.3 is 0 Å². The first kappa shape index (κ1) is 14.2. The number of hydrogen-bond acceptors (Lipinski definition) is 4. The zero-order valence-corrected chi connectivity index (χ0v) is 12.2. The Balaban J connectivity index is 1.80. The molecule has 0 aromatic heterocycles. The number of hydrogen-bond donors (Lipinski definition) is 1. The molecule has 18 heavy (non-hydrogen) atoms. The Bertz CT molecular complexity index is 364. The van der Waals surface area contributed by atoms with Gasteiger partial charge in [-0.25, -0.2) is 8.42 Å². The van der Waals surface area contributed by atoms with E-state index in [9.17, 15) is 8.42 Å². The van der Waals surface area contributed by atoms with Crippen LogP contribution < -0.4 is 5.32 Å². The van der Waals surface area contributed by atoms with Crippen molar-refractivity contribution in [3.05, 3.63) is 0 Å². The largest absolute Gasteiger partial charge is 0.317 e. The molecule has 0 bridgehead atoms. The van der Waals surface area contributed by atoms with Crippen LogP contribution in [0.3, 0.4) is 0 Å². The second kappa shape index (κ2) is 5.86. The predicted molar refractivity (Wildman–Crippen MR) is 73.0 cm³/mol. The third-order valence-corrected chi connectivity index (χ3v) is 5.63. The summed E-state index contributed by atoms with van der Waals surface area (Å²) < 4.78 is 24.5. The van der Waals surface area contributed by atoms with Crippen molar-refractivity contribution in [2.75, 3.05) is 46.0 Å².